The molecule has 17 heavy (non-hydrogen) atoms. The van der Waals surface area contributed by atoms with Crippen LogP contribution in [0, 0.1) is 5.82 Å². The first-order valence-electron chi connectivity index (χ1n) is 4.83. The van der Waals surface area contributed by atoms with Gasteiger partial charge in [-0.3, -0.25) is 4.98 Å². The molecule has 0 fully saturated rings. The number of rotatable bonds is 3. The summed E-state index contributed by atoms with van der Waals surface area (Å²) >= 11 is 3.20. The molecule has 1 aromatic heterocycles. The highest BCUT2D eigenvalue weighted by Crippen LogP contribution is 2.28. The topological polar surface area (TPSA) is 61.0 Å². The van der Waals surface area contributed by atoms with Gasteiger partial charge in [0.2, 0.25) is 5.88 Å². The Hall–Kier alpha value is -1.53. The maximum Gasteiger partial charge on any atom is 0.238 e. The molecule has 2 rings (SSSR count). The molecule has 2 N–H and O–H groups in total. The molecular formula is C11H9BrFN3O. The molecule has 2 aromatic rings. The first-order valence-corrected chi connectivity index (χ1v) is 5.62. The van der Waals surface area contributed by atoms with Crippen molar-refractivity contribution in [2.24, 2.45) is 5.73 Å². The van der Waals surface area contributed by atoms with Crippen molar-refractivity contribution in [3.63, 3.8) is 0 Å². The van der Waals surface area contributed by atoms with E-state index < -0.39 is 0 Å². The quantitative estimate of drug-likeness (QED) is 0.946. The van der Waals surface area contributed by atoms with Gasteiger partial charge in [0.15, 0.2) is 0 Å². The SMILES string of the molecule is NCc1cncc(Oc2ccc(F)cc2Br)n1. The van der Waals surface area contributed by atoms with Crippen LogP contribution < -0.4 is 10.5 Å². The van der Waals surface area contributed by atoms with Crippen LogP contribution in [0.4, 0.5) is 4.39 Å². The predicted octanol–water partition coefficient (Wildman–Crippen LogP) is 2.63. The molecule has 0 radical (unpaired) electrons. The van der Waals surface area contributed by atoms with Crippen LogP contribution in [0.3, 0.4) is 0 Å². The van der Waals surface area contributed by atoms with E-state index in [2.05, 4.69) is 25.9 Å². The smallest absolute Gasteiger partial charge is 0.238 e. The number of nitrogens with zero attached hydrogens (tertiary/aromatic N) is 2. The maximum atomic E-state index is 12.9. The maximum absolute atomic E-state index is 12.9. The molecule has 1 aromatic carbocycles. The van der Waals surface area contributed by atoms with Crippen molar-refractivity contribution in [2.45, 2.75) is 6.54 Å². The van der Waals surface area contributed by atoms with Crippen molar-refractivity contribution in [2.75, 3.05) is 0 Å². The Morgan fingerprint density at radius 3 is 2.88 bits per heavy atom. The molecule has 0 saturated carbocycles. The molecule has 0 aliphatic carbocycles. The van der Waals surface area contributed by atoms with E-state index in [1.54, 1.807) is 6.20 Å². The molecule has 0 aliphatic rings. The minimum absolute atomic E-state index is 0.286. The lowest BCUT2D eigenvalue weighted by Crippen LogP contribution is -2.01. The van der Waals surface area contributed by atoms with E-state index in [4.69, 9.17) is 10.5 Å². The van der Waals surface area contributed by atoms with E-state index in [0.717, 1.165) is 0 Å². The molecule has 0 bridgehead atoms. The first-order chi connectivity index (χ1) is 8.19. The third kappa shape index (κ3) is 2.98. The molecule has 0 saturated heterocycles. The van der Waals surface area contributed by atoms with Crippen LogP contribution in [0.15, 0.2) is 35.1 Å². The molecule has 0 aliphatic heterocycles. The second-order valence-electron chi connectivity index (χ2n) is 3.23. The van der Waals surface area contributed by atoms with Crippen LogP contribution in [-0.4, -0.2) is 9.97 Å². The number of benzene rings is 1. The molecule has 0 atom stereocenters. The first kappa shape index (κ1) is 11.9. The Bertz CT molecular complexity index is 536. The molecule has 6 heteroatoms. The number of aromatic nitrogens is 2. The molecule has 4 nitrogen and oxygen atoms in total. The normalized spacial score (nSPS) is 10.3. The fraction of sp³-hybridized carbons (Fsp3) is 0.0909. The van der Waals surface area contributed by atoms with Gasteiger partial charge in [-0.2, -0.15) is 0 Å². The molecule has 1 heterocycles. The molecule has 0 spiro atoms. The summed E-state index contributed by atoms with van der Waals surface area (Å²) in [5.41, 5.74) is 6.07. The lowest BCUT2D eigenvalue weighted by molar-refractivity contribution is 0.453. The lowest BCUT2D eigenvalue weighted by Gasteiger charge is -2.07. The van der Waals surface area contributed by atoms with Crippen LogP contribution >= 0.6 is 15.9 Å². The average Bonchev–Trinajstić information content (AvgIpc) is 2.33. The lowest BCUT2D eigenvalue weighted by atomic mass is 10.3. The standard InChI is InChI=1S/C11H9BrFN3O/c12-9-3-7(13)1-2-10(9)17-11-6-15-5-8(4-14)16-11/h1-3,5-6H,4,14H2. The van der Waals surface area contributed by atoms with Gasteiger partial charge in [0, 0.05) is 12.7 Å². The fourth-order valence-electron chi connectivity index (χ4n) is 1.20. The zero-order valence-corrected chi connectivity index (χ0v) is 10.3. The Kier molecular flexibility index (Phi) is 3.65. The Balaban J connectivity index is 2.25. The van der Waals surface area contributed by atoms with E-state index in [9.17, 15) is 4.39 Å². The van der Waals surface area contributed by atoms with Gasteiger partial charge in [0.1, 0.15) is 11.6 Å². The number of hydrogen-bond donors (Lipinski definition) is 1. The number of ether oxygens (including phenoxy) is 1. The summed E-state index contributed by atoms with van der Waals surface area (Å²) in [4.78, 5) is 8.07. The number of nitrogens with two attached hydrogens (primary N) is 1. The second-order valence-corrected chi connectivity index (χ2v) is 4.08. The molecule has 0 amide bonds. The van der Waals surface area contributed by atoms with Gasteiger partial charge >= 0.3 is 0 Å². The zero-order chi connectivity index (χ0) is 12.3. The van der Waals surface area contributed by atoms with E-state index in [1.165, 1.54) is 24.4 Å². The van der Waals surface area contributed by atoms with Gasteiger partial charge < -0.3 is 10.5 Å². The van der Waals surface area contributed by atoms with Crippen molar-refractivity contribution >= 4 is 15.9 Å². The number of hydrogen-bond acceptors (Lipinski definition) is 4. The monoisotopic (exact) mass is 297 g/mol. The van der Waals surface area contributed by atoms with Gasteiger partial charge in [-0.25, -0.2) is 9.37 Å². The van der Waals surface area contributed by atoms with Crippen LogP contribution in [0.2, 0.25) is 0 Å². The van der Waals surface area contributed by atoms with Crippen molar-refractivity contribution in [1.29, 1.82) is 0 Å². The van der Waals surface area contributed by atoms with Crippen molar-refractivity contribution in [1.82, 2.24) is 9.97 Å². The average molecular weight is 298 g/mol. The Morgan fingerprint density at radius 1 is 1.35 bits per heavy atom. The van der Waals surface area contributed by atoms with Crippen LogP contribution in [-0.2, 0) is 6.54 Å². The second kappa shape index (κ2) is 5.20. The third-order valence-electron chi connectivity index (χ3n) is 1.98. The highest BCUT2D eigenvalue weighted by atomic mass is 79.9. The van der Waals surface area contributed by atoms with Gasteiger partial charge in [0.25, 0.3) is 0 Å². The van der Waals surface area contributed by atoms with Crippen LogP contribution in [0.1, 0.15) is 5.69 Å². The summed E-state index contributed by atoms with van der Waals surface area (Å²) in [5.74, 6) is 0.446. The summed E-state index contributed by atoms with van der Waals surface area (Å²) in [6.45, 7) is 0.286. The van der Waals surface area contributed by atoms with E-state index >= 15 is 0 Å². The fourth-order valence-corrected chi connectivity index (χ4v) is 1.64. The molecule has 88 valence electrons. The van der Waals surface area contributed by atoms with Crippen molar-refractivity contribution < 1.29 is 9.13 Å². The predicted molar refractivity (Wildman–Crippen MR) is 64.1 cm³/mol. The van der Waals surface area contributed by atoms with Crippen molar-refractivity contribution in [3.8, 4) is 11.6 Å². The number of halogens is 2. The van der Waals surface area contributed by atoms with Crippen molar-refractivity contribution in [3.05, 3.63) is 46.6 Å². The summed E-state index contributed by atoms with van der Waals surface area (Å²) in [6.07, 6.45) is 3.03. The summed E-state index contributed by atoms with van der Waals surface area (Å²) in [5, 5.41) is 0. The summed E-state index contributed by atoms with van der Waals surface area (Å²) in [6, 6.07) is 4.13. The largest absolute Gasteiger partial charge is 0.436 e. The molecular weight excluding hydrogens is 289 g/mol. The highest BCUT2D eigenvalue weighted by molar-refractivity contribution is 9.10. The third-order valence-corrected chi connectivity index (χ3v) is 2.60. The van der Waals surface area contributed by atoms with Crippen LogP contribution in [0.25, 0.3) is 0 Å². The minimum Gasteiger partial charge on any atom is -0.436 e. The van der Waals surface area contributed by atoms with Crippen LogP contribution in [0.5, 0.6) is 11.6 Å². The van der Waals surface area contributed by atoms with E-state index in [-0.39, 0.29) is 12.4 Å². The minimum atomic E-state index is -0.342. The highest BCUT2D eigenvalue weighted by Gasteiger charge is 2.05. The Morgan fingerprint density at radius 2 is 2.18 bits per heavy atom. The summed E-state index contributed by atoms with van der Waals surface area (Å²) < 4.78 is 18.9. The van der Waals surface area contributed by atoms with Gasteiger partial charge in [-0.05, 0) is 34.1 Å². The van der Waals surface area contributed by atoms with Gasteiger partial charge in [0.05, 0.1) is 16.4 Å². The van der Waals surface area contributed by atoms with E-state index in [1.807, 2.05) is 0 Å². The van der Waals surface area contributed by atoms with Gasteiger partial charge in [-0.15, -0.1) is 0 Å². The molecule has 0 unspecified atom stereocenters. The van der Waals surface area contributed by atoms with E-state index in [0.29, 0.717) is 21.8 Å². The Labute approximate surface area is 106 Å². The zero-order valence-electron chi connectivity index (χ0n) is 8.73. The summed E-state index contributed by atoms with van der Waals surface area (Å²) in [7, 11) is 0. The van der Waals surface area contributed by atoms with Gasteiger partial charge in [-0.1, -0.05) is 0 Å².